The molecule has 0 atom stereocenters. The second-order valence-electron chi connectivity index (χ2n) is 5.38. The molecule has 0 saturated carbocycles. The van der Waals surface area contributed by atoms with Crippen LogP contribution in [0.2, 0.25) is 0 Å². The van der Waals surface area contributed by atoms with Gasteiger partial charge in [-0.15, -0.1) is 5.10 Å². The van der Waals surface area contributed by atoms with Gasteiger partial charge in [-0.1, -0.05) is 29.8 Å². The van der Waals surface area contributed by atoms with E-state index in [1.807, 2.05) is 32.0 Å². The molecule has 0 radical (unpaired) electrons. The molecule has 1 aromatic heterocycles. The van der Waals surface area contributed by atoms with Crippen LogP contribution in [0, 0.1) is 6.92 Å². The Morgan fingerprint density at radius 2 is 2.13 bits per heavy atom. The molecule has 0 spiro atoms. The van der Waals surface area contributed by atoms with Crippen molar-refractivity contribution in [3.8, 4) is 5.88 Å². The summed E-state index contributed by atoms with van der Waals surface area (Å²) in [6.07, 6.45) is 3.56. The number of rotatable bonds is 7. The van der Waals surface area contributed by atoms with Crippen molar-refractivity contribution in [3.05, 3.63) is 40.0 Å². The minimum atomic E-state index is -0.208. The summed E-state index contributed by atoms with van der Waals surface area (Å²) < 4.78 is 8.38. The van der Waals surface area contributed by atoms with Crippen LogP contribution in [0.5, 0.6) is 5.88 Å². The van der Waals surface area contributed by atoms with Gasteiger partial charge in [-0.3, -0.25) is 9.48 Å². The molecule has 5 nitrogen and oxygen atoms in total. The molecular weight excluding hydrogens is 358 g/mol. The van der Waals surface area contributed by atoms with Gasteiger partial charge in [0.05, 0.1) is 6.61 Å². The molecular formula is C17H22BrN3O2. The van der Waals surface area contributed by atoms with Gasteiger partial charge in [0.25, 0.3) is 5.91 Å². The quantitative estimate of drug-likeness (QED) is 0.775. The predicted octanol–water partition coefficient (Wildman–Crippen LogP) is 4.41. The van der Waals surface area contributed by atoms with Crippen molar-refractivity contribution in [2.45, 2.75) is 40.2 Å². The van der Waals surface area contributed by atoms with Crippen molar-refractivity contribution < 1.29 is 9.53 Å². The average Bonchev–Trinajstić information content (AvgIpc) is 2.92. The number of carbonyl (C=O) groups is 1. The molecule has 1 heterocycles. The summed E-state index contributed by atoms with van der Waals surface area (Å²) in [6, 6.07) is 5.70. The predicted molar refractivity (Wildman–Crippen MR) is 95.1 cm³/mol. The highest BCUT2D eigenvalue weighted by atomic mass is 79.9. The molecule has 0 unspecified atom stereocenters. The Bertz CT molecular complexity index is 682. The van der Waals surface area contributed by atoms with E-state index in [1.54, 1.807) is 10.9 Å². The van der Waals surface area contributed by atoms with E-state index in [0.717, 1.165) is 35.1 Å². The number of hydrogen-bond acceptors (Lipinski definition) is 3. The Balaban J connectivity index is 2.20. The van der Waals surface area contributed by atoms with Crippen molar-refractivity contribution in [2.75, 3.05) is 11.9 Å². The van der Waals surface area contributed by atoms with Crippen LogP contribution in [-0.4, -0.2) is 22.3 Å². The number of ether oxygens (including phenoxy) is 1. The second-order valence-corrected chi connectivity index (χ2v) is 6.23. The third kappa shape index (κ3) is 4.58. The number of nitrogens with zero attached hydrogens (tertiary/aromatic N) is 2. The van der Waals surface area contributed by atoms with E-state index in [4.69, 9.17) is 4.74 Å². The molecule has 0 saturated heterocycles. The number of carbonyl (C=O) groups excluding carboxylic acids is 1. The number of aromatic nitrogens is 2. The second kappa shape index (κ2) is 8.15. The summed E-state index contributed by atoms with van der Waals surface area (Å²) >= 11 is 3.46. The fourth-order valence-electron chi connectivity index (χ4n) is 2.13. The van der Waals surface area contributed by atoms with Gasteiger partial charge in [0, 0.05) is 22.9 Å². The van der Waals surface area contributed by atoms with Crippen molar-refractivity contribution in [1.82, 2.24) is 9.78 Å². The molecule has 2 rings (SSSR count). The Kier molecular flexibility index (Phi) is 6.21. The third-order valence-electron chi connectivity index (χ3n) is 3.28. The van der Waals surface area contributed by atoms with Crippen LogP contribution in [0.15, 0.2) is 28.9 Å². The average molecular weight is 380 g/mol. The zero-order valence-corrected chi connectivity index (χ0v) is 15.3. The monoisotopic (exact) mass is 379 g/mol. The maximum Gasteiger partial charge on any atom is 0.262 e. The van der Waals surface area contributed by atoms with Crippen molar-refractivity contribution in [3.63, 3.8) is 0 Å². The van der Waals surface area contributed by atoms with Gasteiger partial charge in [-0.2, -0.15) is 0 Å². The maximum absolute atomic E-state index is 12.6. The van der Waals surface area contributed by atoms with E-state index < -0.39 is 0 Å². The molecule has 124 valence electrons. The summed E-state index contributed by atoms with van der Waals surface area (Å²) in [5.41, 5.74) is 2.28. The molecule has 0 fully saturated rings. The molecule has 0 bridgehead atoms. The standard InChI is InChI=1S/C17H22BrN3O2/c1-4-8-21-11-14(17(20-21)23-9-5-2)16(22)19-13-6-7-15(18)12(3)10-13/h6-7,10-11H,4-5,8-9H2,1-3H3,(H,19,22). The van der Waals surface area contributed by atoms with Gasteiger partial charge in [0.15, 0.2) is 0 Å². The van der Waals surface area contributed by atoms with Gasteiger partial charge in [0.2, 0.25) is 5.88 Å². The number of benzene rings is 1. The molecule has 6 heteroatoms. The lowest BCUT2D eigenvalue weighted by atomic mass is 10.2. The lowest BCUT2D eigenvalue weighted by Crippen LogP contribution is -2.13. The van der Waals surface area contributed by atoms with E-state index in [9.17, 15) is 4.79 Å². The van der Waals surface area contributed by atoms with E-state index in [0.29, 0.717) is 18.1 Å². The zero-order chi connectivity index (χ0) is 16.8. The van der Waals surface area contributed by atoms with Crippen molar-refractivity contribution >= 4 is 27.5 Å². The van der Waals surface area contributed by atoms with Gasteiger partial charge in [-0.25, -0.2) is 0 Å². The van der Waals surface area contributed by atoms with Crippen LogP contribution in [0.4, 0.5) is 5.69 Å². The fraction of sp³-hybridized carbons (Fsp3) is 0.412. The highest BCUT2D eigenvalue weighted by Crippen LogP contribution is 2.22. The molecule has 2 aromatic rings. The summed E-state index contributed by atoms with van der Waals surface area (Å²) in [7, 11) is 0. The molecule has 23 heavy (non-hydrogen) atoms. The van der Waals surface area contributed by atoms with Gasteiger partial charge in [-0.05, 0) is 43.5 Å². The number of halogens is 1. The minimum absolute atomic E-state index is 0.208. The molecule has 1 amide bonds. The largest absolute Gasteiger partial charge is 0.476 e. The van der Waals surface area contributed by atoms with E-state index in [1.165, 1.54) is 0 Å². The van der Waals surface area contributed by atoms with E-state index >= 15 is 0 Å². The van der Waals surface area contributed by atoms with Gasteiger partial charge in [0.1, 0.15) is 5.56 Å². The van der Waals surface area contributed by atoms with Crippen LogP contribution >= 0.6 is 15.9 Å². The first-order chi connectivity index (χ1) is 11.0. The normalized spacial score (nSPS) is 10.6. The summed E-state index contributed by atoms with van der Waals surface area (Å²) in [5, 5.41) is 7.26. The Hall–Kier alpha value is -1.82. The van der Waals surface area contributed by atoms with Crippen LogP contribution in [0.3, 0.4) is 0 Å². The molecule has 1 aromatic carbocycles. The fourth-order valence-corrected chi connectivity index (χ4v) is 2.38. The lowest BCUT2D eigenvalue weighted by molar-refractivity contribution is 0.102. The number of anilines is 1. The topological polar surface area (TPSA) is 56.2 Å². The number of hydrogen-bond donors (Lipinski definition) is 1. The molecule has 0 aliphatic carbocycles. The van der Waals surface area contributed by atoms with Crippen LogP contribution in [0.1, 0.15) is 42.6 Å². The number of amides is 1. The summed E-state index contributed by atoms with van der Waals surface area (Å²) in [6.45, 7) is 7.37. The molecule has 0 aliphatic rings. The zero-order valence-electron chi connectivity index (χ0n) is 13.7. The van der Waals surface area contributed by atoms with Crippen LogP contribution in [0.25, 0.3) is 0 Å². The highest BCUT2D eigenvalue weighted by Gasteiger charge is 2.18. The minimum Gasteiger partial charge on any atom is -0.476 e. The van der Waals surface area contributed by atoms with Crippen LogP contribution < -0.4 is 10.1 Å². The Morgan fingerprint density at radius 1 is 1.35 bits per heavy atom. The van der Waals surface area contributed by atoms with Crippen molar-refractivity contribution in [2.24, 2.45) is 0 Å². The van der Waals surface area contributed by atoms with Gasteiger partial charge < -0.3 is 10.1 Å². The Labute approximate surface area is 145 Å². The first kappa shape index (κ1) is 17.5. The van der Waals surface area contributed by atoms with E-state index in [-0.39, 0.29) is 5.91 Å². The highest BCUT2D eigenvalue weighted by molar-refractivity contribution is 9.10. The smallest absolute Gasteiger partial charge is 0.262 e. The molecule has 0 aliphatic heterocycles. The Morgan fingerprint density at radius 3 is 2.78 bits per heavy atom. The van der Waals surface area contributed by atoms with E-state index in [2.05, 4.69) is 33.3 Å². The third-order valence-corrected chi connectivity index (χ3v) is 4.17. The maximum atomic E-state index is 12.6. The molecule has 1 N–H and O–H groups in total. The van der Waals surface area contributed by atoms with Crippen molar-refractivity contribution in [1.29, 1.82) is 0 Å². The SMILES string of the molecule is CCCOc1nn(CCC)cc1C(=O)Nc1ccc(Br)c(C)c1. The van der Waals surface area contributed by atoms with Crippen LogP contribution in [-0.2, 0) is 6.54 Å². The first-order valence-corrected chi connectivity index (χ1v) is 8.62. The summed E-state index contributed by atoms with van der Waals surface area (Å²) in [5.74, 6) is 0.187. The number of nitrogens with one attached hydrogen (secondary N) is 1. The lowest BCUT2D eigenvalue weighted by Gasteiger charge is -2.07. The number of aryl methyl sites for hydroxylation is 2. The first-order valence-electron chi connectivity index (χ1n) is 7.82. The van der Waals surface area contributed by atoms with Gasteiger partial charge >= 0.3 is 0 Å². The summed E-state index contributed by atoms with van der Waals surface area (Å²) in [4.78, 5) is 12.6.